The summed E-state index contributed by atoms with van der Waals surface area (Å²) in [5, 5.41) is 8.74. The van der Waals surface area contributed by atoms with Crippen molar-refractivity contribution in [3.63, 3.8) is 0 Å². The lowest BCUT2D eigenvalue weighted by atomic mass is 10.1. The monoisotopic (exact) mass is 251 g/mol. The fraction of sp³-hybridized carbons (Fsp3) is 0.583. The number of nitrogens with zero attached hydrogens (tertiary/aromatic N) is 2. The number of carbonyl (C=O) groups excluding carboxylic acids is 1. The van der Waals surface area contributed by atoms with Crippen LogP contribution in [0.15, 0.2) is 6.20 Å². The zero-order valence-electron chi connectivity index (χ0n) is 11.6. The second-order valence-electron chi connectivity index (χ2n) is 5.13. The van der Waals surface area contributed by atoms with Crippen LogP contribution in [0.4, 0.5) is 11.8 Å². The minimum Gasteiger partial charge on any atom is -0.361 e. The summed E-state index contributed by atoms with van der Waals surface area (Å²) in [6, 6.07) is 0. The molecule has 1 amide bonds. The molecule has 6 nitrogen and oxygen atoms in total. The van der Waals surface area contributed by atoms with Crippen LogP contribution < -0.4 is 16.0 Å². The molecule has 6 heteroatoms. The average molecular weight is 251 g/mol. The lowest BCUT2D eigenvalue weighted by Crippen LogP contribution is -2.43. The molecule has 0 saturated heterocycles. The zero-order chi connectivity index (χ0) is 13.8. The molecule has 1 aromatic rings. The Morgan fingerprint density at radius 1 is 1.39 bits per heavy atom. The number of nitrogens with one attached hydrogen (secondary N) is 3. The van der Waals surface area contributed by atoms with Gasteiger partial charge in [-0.1, -0.05) is 0 Å². The molecule has 1 rings (SSSR count). The Morgan fingerprint density at radius 2 is 2.06 bits per heavy atom. The summed E-state index contributed by atoms with van der Waals surface area (Å²) in [6.45, 7) is 7.92. The Morgan fingerprint density at radius 3 is 2.61 bits per heavy atom. The molecule has 18 heavy (non-hydrogen) atoms. The highest BCUT2D eigenvalue weighted by Crippen LogP contribution is 2.11. The van der Waals surface area contributed by atoms with Crippen molar-refractivity contribution >= 4 is 17.7 Å². The van der Waals surface area contributed by atoms with Crippen LogP contribution in [0.5, 0.6) is 0 Å². The van der Waals surface area contributed by atoms with Crippen molar-refractivity contribution < 1.29 is 4.79 Å². The fourth-order valence-electron chi connectivity index (χ4n) is 1.37. The van der Waals surface area contributed by atoms with E-state index in [0.717, 1.165) is 5.56 Å². The number of anilines is 2. The standard InChI is InChI=1S/C12H21N5O/c1-8-6-15-11(13-5)16-10(8)14-7-9(18)17-12(2,3)4/h6H,7H2,1-5H3,(H,17,18)(H2,13,14,15,16). The number of aromatic nitrogens is 2. The third-order valence-corrected chi connectivity index (χ3v) is 2.13. The third kappa shape index (κ3) is 4.57. The number of amides is 1. The molecule has 100 valence electrons. The molecule has 0 radical (unpaired) electrons. The highest BCUT2D eigenvalue weighted by molar-refractivity contribution is 5.81. The first-order chi connectivity index (χ1) is 8.31. The van der Waals surface area contributed by atoms with E-state index in [-0.39, 0.29) is 18.0 Å². The number of hydrogen-bond acceptors (Lipinski definition) is 5. The molecule has 0 aromatic carbocycles. The van der Waals surface area contributed by atoms with Crippen LogP contribution in [-0.4, -0.2) is 35.0 Å². The molecule has 3 N–H and O–H groups in total. The maximum Gasteiger partial charge on any atom is 0.239 e. The van der Waals surface area contributed by atoms with Gasteiger partial charge in [0.2, 0.25) is 11.9 Å². The van der Waals surface area contributed by atoms with Gasteiger partial charge in [-0.05, 0) is 27.7 Å². The van der Waals surface area contributed by atoms with Crippen LogP contribution in [-0.2, 0) is 4.79 Å². The van der Waals surface area contributed by atoms with Crippen LogP contribution in [0.25, 0.3) is 0 Å². The Hall–Kier alpha value is -1.85. The van der Waals surface area contributed by atoms with E-state index in [2.05, 4.69) is 25.9 Å². The van der Waals surface area contributed by atoms with E-state index in [1.54, 1.807) is 13.2 Å². The summed E-state index contributed by atoms with van der Waals surface area (Å²) < 4.78 is 0. The summed E-state index contributed by atoms with van der Waals surface area (Å²) in [4.78, 5) is 20.0. The summed E-state index contributed by atoms with van der Waals surface area (Å²) in [7, 11) is 1.75. The highest BCUT2D eigenvalue weighted by Gasteiger charge is 2.13. The third-order valence-electron chi connectivity index (χ3n) is 2.13. The molecule has 1 aromatic heterocycles. The Labute approximate surface area is 108 Å². The smallest absolute Gasteiger partial charge is 0.239 e. The summed E-state index contributed by atoms with van der Waals surface area (Å²) in [6.07, 6.45) is 1.71. The SMILES string of the molecule is CNc1ncc(C)c(NCC(=O)NC(C)(C)C)n1. The van der Waals surface area contributed by atoms with E-state index >= 15 is 0 Å². The van der Waals surface area contributed by atoms with Crippen molar-refractivity contribution in [3.8, 4) is 0 Å². The zero-order valence-corrected chi connectivity index (χ0v) is 11.6. The number of carbonyl (C=O) groups is 1. The second-order valence-corrected chi connectivity index (χ2v) is 5.13. The van der Waals surface area contributed by atoms with Crippen molar-refractivity contribution in [1.82, 2.24) is 15.3 Å². The Kier molecular flexibility index (Phi) is 4.47. The van der Waals surface area contributed by atoms with E-state index in [9.17, 15) is 4.79 Å². The van der Waals surface area contributed by atoms with Gasteiger partial charge in [0.15, 0.2) is 0 Å². The maximum absolute atomic E-state index is 11.7. The molecular weight excluding hydrogens is 230 g/mol. The van der Waals surface area contributed by atoms with E-state index in [4.69, 9.17) is 0 Å². The van der Waals surface area contributed by atoms with Crippen molar-refractivity contribution in [2.75, 3.05) is 24.2 Å². The molecule has 0 atom stereocenters. The van der Waals surface area contributed by atoms with Crippen LogP contribution >= 0.6 is 0 Å². The van der Waals surface area contributed by atoms with Gasteiger partial charge < -0.3 is 16.0 Å². The van der Waals surface area contributed by atoms with Crippen molar-refractivity contribution in [3.05, 3.63) is 11.8 Å². The van der Waals surface area contributed by atoms with Crippen LogP contribution in [0.1, 0.15) is 26.3 Å². The molecular formula is C12H21N5O. The molecule has 1 heterocycles. The molecule has 0 unspecified atom stereocenters. The average Bonchev–Trinajstić information content (AvgIpc) is 2.25. The molecule has 0 bridgehead atoms. The van der Waals surface area contributed by atoms with Crippen LogP contribution in [0, 0.1) is 6.92 Å². The fourth-order valence-corrected chi connectivity index (χ4v) is 1.37. The number of aryl methyl sites for hydroxylation is 1. The van der Waals surface area contributed by atoms with E-state index < -0.39 is 0 Å². The molecule has 0 aliphatic heterocycles. The van der Waals surface area contributed by atoms with E-state index in [1.807, 2.05) is 27.7 Å². The van der Waals surface area contributed by atoms with Crippen LogP contribution in [0.2, 0.25) is 0 Å². The summed E-state index contributed by atoms with van der Waals surface area (Å²) in [5.41, 5.74) is 0.674. The first kappa shape index (κ1) is 14.2. The lowest BCUT2D eigenvalue weighted by Gasteiger charge is -2.20. The summed E-state index contributed by atoms with van der Waals surface area (Å²) in [5.74, 6) is 1.13. The van der Waals surface area contributed by atoms with Gasteiger partial charge in [0, 0.05) is 24.3 Å². The molecule has 0 saturated carbocycles. The van der Waals surface area contributed by atoms with Crippen molar-refractivity contribution in [2.45, 2.75) is 33.2 Å². The molecule has 0 aliphatic carbocycles. The highest BCUT2D eigenvalue weighted by atomic mass is 16.2. The van der Waals surface area contributed by atoms with Gasteiger partial charge in [0.1, 0.15) is 5.82 Å². The maximum atomic E-state index is 11.7. The van der Waals surface area contributed by atoms with Gasteiger partial charge in [-0.15, -0.1) is 0 Å². The van der Waals surface area contributed by atoms with Gasteiger partial charge in [0.25, 0.3) is 0 Å². The summed E-state index contributed by atoms with van der Waals surface area (Å²) >= 11 is 0. The number of rotatable bonds is 4. The minimum atomic E-state index is -0.227. The number of hydrogen-bond donors (Lipinski definition) is 3. The van der Waals surface area contributed by atoms with Gasteiger partial charge in [-0.2, -0.15) is 4.98 Å². The van der Waals surface area contributed by atoms with Crippen molar-refractivity contribution in [2.24, 2.45) is 0 Å². The molecule has 0 aliphatic rings. The Bertz CT molecular complexity index is 425. The molecule has 0 spiro atoms. The minimum absolute atomic E-state index is 0.0634. The quantitative estimate of drug-likeness (QED) is 0.748. The first-order valence-corrected chi connectivity index (χ1v) is 5.88. The van der Waals surface area contributed by atoms with Crippen LogP contribution in [0.3, 0.4) is 0 Å². The lowest BCUT2D eigenvalue weighted by molar-refractivity contribution is -0.120. The Balaban J connectivity index is 2.60. The normalized spacial score (nSPS) is 10.9. The van der Waals surface area contributed by atoms with Gasteiger partial charge >= 0.3 is 0 Å². The van der Waals surface area contributed by atoms with Gasteiger partial charge in [-0.3, -0.25) is 4.79 Å². The first-order valence-electron chi connectivity index (χ1n) is 5.88. The molecule has 0 fully saturated rings. The van der Waals surface area contributed by atoms with Gasteiger partial charge in [-0.25, -0.2) is 4.98 Å². The van der Waals surface area contributed by atoms with E-state index in [0.29, 0.717) is 11.8 Å². The largest absolute Gasteiger partial charge is 0.361 e. The van der Waals surface area contributed by atoms with Crippen molar-refractivity contribution in [1.29, 1.82) is 0 Å². The predicted octanol–water partition coefficient (Wildman–Crippen LogP) is 1.15. The predicted molar refractivity (Wildman–Crippen MR) is 72.7 cm³/mol. The second kappa shape index (κ2) is 5.66. The topological polar surface area (TPSA) is 78.9 Å². The van der Waals surface area contributed by atoms with Gasteiger partial charge in [0.05, 0.1) is 6.54 Å². The van der Waals surface area contributed by atoms with E-state index in [1.165, 1.54) is 0 Å².